The van der Waals surface area contributed by atoms with Gasteiger partial charge < -0.3 is 19.3 Å². The zero-order valence-electron chi connectivity index (χ0n) is 18.6. The Hall–Kier alpha value is -2.65. The van der Waals surface area contributed by atoms with E-state index in [4.69, 9.17) is 21.1 Å². The predicted octanol–water partition coefficient (Wildman–Crippen LogP) is 2.86. The number of benzene rings is 2. The highest BCUT2D eigenvalue weighted by Crippen LogP contribution is 2.32. The molecule has 32 heavy (non-hydrogen) atoms. The Labute approximate surface area is 194 Å². The molecule has 1 saturated heterocycles. The first-order valence-corrected chi connectivity index (χ1v) is 12.4. The standard InChI is InChI=1S/C22H28ClN3O5S/c1-16(26(32(4,28)29)17-9-10-20(30-2)18(23)15-17)22(27)25-13-11-24(12-14-25)19-7-5-6-8-21(19)31-3/h5-10,15-16H,11-14H2,1-4H3. The molecule has 10 heteroatoms. The van der Waals surface area contributed by atoms with Gasteiger partial charge in [0.05, 0.1) is 36.9 Å². The monoisotopic (exact) mass is 481 g/mol. The molecule has 1 fully saturated rings. The Morgan fingerprint density at radius 2 is 1.66 bits per heavy atom. The lowest BCUT2D eigenvalue weighted by Crippen LogP contribution is -2.55. The average molecular weight is 482 g/mol. The van der Waals surface area contributed by atoms with Crippen molar-refractivity contribution >= 4 is 38.9 Å². The van der Waals surface area contributed by atoms with Crippen LogP contribution in [-0.2, 0) is 14.8 Å². The Kier molecular flexibility index (Phi) is 7.40. The molecule has 0 saturated carbocycles. The summed E-state index contributed by atoms with van der Waals surface area (Å²) in [7, 11) is -0.632. The van der Waals surface area contributed by atoms with Crippen molar-refractivity contribution in [3.8, 4) is 11.5 Å². The van der Waals surface area contributed by atoms with Gasteiger partial charge in [0.15, 0.2) is 0 Å². The minimum Gasteiger partial charge on any atom is -0.495 e. The fourth-order valence-corrected chi connectivity index (χ4v) is 5.33. The minimum absolute atomic E-state index is 0.262. The smallest absolute Gasteiger partial charge is 0.246 e. The van der Waals surface area contributed by atoms with Crippen molar-refractivity contribution in [2.24, 2.45) is 0 Å². The molecular formula is C22H28ClN3O5S. The number of hydrogen-bond acceptors (Lipinski definition) is 6. The summed E-state index contributed by atoms with van der Waals surface area (Å²) in [4.78, 5) is 17.1. The second-order valence-corrected chi connectivity index (χ2v) is 9.80. The van der Waals surface area contributed by atoms with Gasteiger partial charge in [-0.1, -0.05) is 23.7 Å². The first kappa shape index (κ1) is 24.0. The van der Waals surface area contributed by atoms with Crippen LogP contribution < -0.4 is 18.7 Å². The number of halogens is 1. The molecule has 174 valence electrons. The van der Waals surface area contributed by atoms with Crippen molar-refractivity contribution < 1.29 is 22.7 Å². The number of carbonyl (C=O) groups is 1. The van der Waals surface area contributed by atoms with Gasteiger partial charge in [-0.2, -0.15) is 0 Å². The molecule has 1 atom stereocenters. The molecule has 1 aliphatic rings. The summed E-state index contributed by atoms with van der Waals surface area (Å²) in [5, 5.41) is 0.267. The topological polar surface area (TPSA) is 79.4 Å². The van der Waals surface area contributed by atoms with Crippen LogP contribution in [0.5, 0.6) is 11.5 Å². The van der Waals surface area contributed by atoms with Gasteiger partial charge in [-0.15, -0.1) is 0 Å². The van der Waals surface area contributed by atoms with Crippen LogP contribution in [0, 0.1) is 0 Å². The number of sulfonamides is 1. The van der Waals surface area contributed by atoms with Crippen molar-refractivity contribution in [2.45, 2.75) is 13.0 Å². The van der Waals surface area contributed by atoms with Crippen molar-refractivity contribution in [3.63, 3.8) is 0 Å². The number of hydrogen-bond donors (Lipinski definition) is 0. The van der Waals surface area contributed by atoms with E-state index in [0.717, 1.165) is 22.0 Å². The zero-order valence-corrected chi connectivity index (χ0v) is 20.2. The van der Waals surface area contributed by atoms with Gasteiger partial charge in [-0.3, -0.25) is 9.10 Å². The van der Waals surface area contributed by atoms with Gasteiger partial charge in [0.25, 0.3) is 0 Å². The summed E-state index contributed by atoms with van der Waals surface area (Å²) in [5.41, 5.74) is 1.28. The zero-order chi connectivity index (χ0) is 23.5. The van der Waals surface area contributed by atoms with E-state index in [1.165, 1.54) is 13.2 Å². The van der Waals surface area contributed by atoms with E-state index in [1.54, 1.807) is 31.1 Å². The van der Waals surface area contributed by atoms with E-state index in [9.17, 15) is 13.2 Å². The summed E-state index contributed by atoms with van der Waals surface area (Å²) < 4.78 is 36.9. The molecule has 0 aliphatic carbocycles. The van der Waals surface area contributed by atoms with E-state index >= 15 is 0 Å². The minimum atomic E-state index is -3.74. The molecule has 0 spiro atoms. The third kappa shape index (κ3) is 5.05. The Morgan fingerprint density at radius 1 is 1.03 bits per heavy atom. The maximum atomic E-state index is 13.3. The number of anilines is 2. The van der Waals surface area contributed by atoms with Crippen LogP contribution in [0.3, 0.4) is 0 Å². The number of rotatable bonds is 7. The van der Waals surface area contributed by atoms with Crippen LogP contribution in [0.25, 0.3) is 0 Å². The molecule has 1 amide bonds. The maximum Gasteiger partial charge on any atom is 0.246 e. The van der Waals surface area contributed by atoms with Crippen LogP contribution in [0.2, 0.25) is 5.02 Å². The highest BCUT2D eigenvalue weighted by atomic mass is 35.5. The lowest BCUT2D eigenvalue weighted by Gasteiger charge is -2.39. The van der Waals surface area contributed by atoms with Crippen molar-refractivity contribution in [2.75, 3.05) is 55.9 Å². The number of ether oxygens (including phenoxy) is 2. The average Bonchev–Trinajstić information content (AvgIpc) is 2.78. The van der Waals surface area contributed by atoms with E-state index in [2.05, 4.69) is 4.90 Å². The largest absolute Gasteiger partial charge is 0.495 e. The maximum absolute atomic E-state index is 13.3. The molecule has 1 unspecified atom stereocenters. The number of piperazine rings is 1. The normalized spacial score (nSPS) is 15.3. The number of methoxy groups -OCH3 is 2. The Bertz CT molecular complexity index is 1070. The van der Waals surface area contributed by atoms with E-state index < -0.39 is 16.1 Å². The van der Waals surface area contributed by atoms with Gasteiger partial charge in [0, 0.05) is 26.2 Å². The van der Waals surface area contributed by atoms with Gasteiger partial charge >= 0.3 is 0 Å². The molecule has 2 aromatic rings. The lowest BCUT2D eigenvalue weighted by molar-refractivity contribution is -0.132. The van der Waals surface area contributed by atoms with Gasteiger partial charge in [0.1, 0.15) is 17.5 Å². The molecule has 1 aliphatic heterocycles. The molecule has 0 N–H and O–H groups in total. The molecule has 0 bridgehead atoms. The van der Waals surface area contributed by atoms with Crippen LogP contribution in [0.1, 0.15) is 6.92 Å². The first-order valence-electron chi connectivity index (χ1n) is 10.2. The molecule has 3 rings (SSSR count). The first-order chi connectivity index (χ1) is 15.2. The summed E-state index contributed by atoms with van der Waals surface area (Å²) in [5.74, 6) is 0.942. The third-order valence-electron chi connectivity index (χ3n) is 5.47. The molecule has 0 aromatic heterocycles. The van der Waals surface area contributed by atoms with E-state index in [-0.39, 0.29) is 10.9 Å². The summed E-state index contributed by atoms with van der Waals surface area (Å²) in [6.45, 7) is 3.77. The highest BCUT2D eigenvalue weighted by Gasteiger charge is 2.34. The van der Waals surface area contributed by atoms with Crippen molar-refractivity contribution in [1.29, 1.82) is 0 Å². The lowest BCUT2D eigenvalue weighted by atomic mass is 10.2. The predicted molar refractivity (Wildman–Crippen MR) is 127 cm³/mol. The molecule has 0 radical (unpaired) electrons. The molecule has 2 aromatic carbocycles. The summed E-state index contributed by atoms with van der Waals surface area (Å²) >= 11 is 6.20. The Morgan fingerprint density at radius 3 is 2.22 bits per heavy atom. The van der Waals surface area contributed by atoms with Crippen LogP contribution in [0.15, 0.2) is 42.5 Å². The van der Waals surface area contributed by atoms with Gasteiger partial charge in [-0.25, -0.2) is 8.42 Å². The molecular weight excluding hydrogens is 454 g/mol. The summed E-state index contributed by atoms with van der Waals surface area (Å²) in [6, 6.07) is 11.5. The number of amides is 1. The second-order valence-electron chi connectivity index (χ2n) is 7.54. The fraction of sp³-hybridized carbons (Fsp3) is 0.409. The quantitative estimate of drug-likeness (QED) is 0.605. The molecule has 1 heterocycles. The highest BCUT2D eigenvalue weighted by molar-refractivity contribution is 7.92. The fourth-order valence-electron chi connectivity index (χ4n) is 3.92. The van der Waals surface area contributed by atoms with Crippen LogP contribution in [-0.4, -0.2) is 71.9 Å². The number of nitrogens with zero attached hydrogens (tertiary/aromatic N) is 3. The van der Waals surface area contributed by atoms with Gasteiger partial charge in [0.2, 0.25) is 15.9 Å². The molecule has 8 nitrogen and oxygen atoms in total. The SMILES string of the molecule is COc1ccc(N(C(C)C(=O)N2CCN(c3ccccc3OC)CC2)S(C)(=O)=O)cc1Cl. The second kappa shape index (κ2) is 9.87. The number of carbonyl (C=O) groups excluding carboxylic acids is 1. The number of para-hydroxylation sites is 2. The third-order valence-corrected chi connectivity index (χ3v) is 7.01. The summed E-state index contributed by atoms with van der Waals surface area (Å²) in [6.07, 6.45) is 1.08. The Balaban J connectivity index is 1.76. The van der Waals surface area contributed by atoms with Gasteiger partial charge in [-0.05, 0) is 37.3 Å². The van der Waals surface area contributed by atoms with E-state index in [1.807, 2.05) is 24.3 Å². The van der Waals surface area contributed by atoms with Crippen molar-refractivity contribution in [3.05, 3.63) is 47.5 Å². The van der Waals surface area contributed by atoms with Crippen LogP contribution >= 0.6 is 11.6 Å². The van der Waals surface area contributed by atoms with E-state index in [0.29, 0.717) is 37.6 Å². The van der Waals surface area contributed by atoms with Crippen molar-refractivity contribution in [1.82, 2.24) is 4.90 Å². The van der Waals surface area contributed by atoms with Crippen LogP contribution in [0.4, 0.5) is 11.4 Å².